The number of nitrogens with one attached hydrogen (secondary N) is 2. The van der Waals surface area contributed by atoms with E-state index in [0.717, 1.165) is 10.8 Å². The van der Waals surface area contributed by atoms with E-state index in [1.165, 1.54) is 5.56 Å². The Morgan fingerprint density at radius 2 is 2.06 bits per heavy atom. The van der Waals surface area contributed by atoms with Crippen LogP contribution < -0.4 is 10.6 Å². The van der Waals surface area contributed by atoms with E-state index in [4.69, 9.17) is 12.2 Å². The smallest absolute Gasteiger partial charge is 0.189 e. The van der Waals surface area contributed by atoms with Crippen molar-refractivity contribution in [3.05, 3.63) is 47.0 Å². The first-order chi connectivity index (χ1) is 8.65. The van der Waals surface area contributed by atoms with Crippen LogP contribution in [0.3, 0.4) is 0 Å². The molecule has 1 aromatic heterocycles. The molecule has 0 amide bonds. The number of rotatable bonds is 3. The number of thiocarbonyl (C=S) groups is 1. The zero-order valence-electron chi connectivity index (χ0n) is 10.3. The number of benzene rings is 1. The van der Waals surface area contributed by atoms with Gasteiger partial charge in [-0.3, -0.25) is 0 Å². The van der Waals surface area contributed by atoms with Gasteiger partial charge in [0.15, 0.2) is 10.2 Å². The van der Waals surface area contributed by atoms with Gasteiger partial charge in [0.25, 0.3) is 0 Å². The Hall–Kier alpha value is -1.46. The van der Waals surface area contributed by atoms with Crippen LogP contribution in [0, 0.1) is 6.92 Å². The lowest BCUT2D eigenvalue weighted by Gasteiger charge is -2.16. The highest BCUT2D eigenvalue weighted by Gasteiger charge is 2.07. The lowest BCUT2D eigenvalue weighted by molar-refractivity contribution is 0.722. The van der Waals surface area contributed by atoms with E-state index in [0.29, 0.717) is 5.11 Å². The van der Waals surface area contributed by atoms with E-state index in [1.807, 2.05) is 30.5 Å². The fourth-order valence-corrected chi connectivity index (χ4v) is 2.60. The molecule has 5 heteroatoms. The van der Waals surface area contributed by atoms with Gasteiger partial charge in [-0.1, -0.05) is 30.3 Å². The Labute approximate surface area is 116 Å². The SMILES string of the molecule is Cc1csc(NC(=S)NC(C)c2ccccc2)n1. The van der Waals surface area contributed by atoms with Gasteiger partial charge in [0.1, 0.15) is 0 Å². The van der Waals surface area contributed by atoms with Crippen molar-refractivity contribution < 1.29 is 0 Å². The van der Waals surface area contributed by atoms with E-state index in [1.54, 1.807) is 11.3 Å². The second-order valence-electron chi connectivity index (χ2n) is 4.02. The van der Waals surface area contributed by atoms with Crippen LogP contribution in [-0.4, -0.2) is 10.1 Å². The van der Waals surface area contributed by atoms with Crippen LogP contribution in [0.1, 0.15) is 24.2 Å². The second-order valence-corrected chi connectivity index (χ2v) is 5.29. The first-order valence-electron chi connectivity index (χ1n) is 5.70. The second kappa shape index (κ2) is 5.93. The van der Waals surface area contributed by atoms with Gasteiger partial charge in [-0.25, -0.2) is 4.98 Å². The van der Waals surface area contributed by atoms with Crippen molar-refractivity contribution in [1.29, 1.82) is 0 Å². The third-order valence-electron chi connectivity index (χ3n) is 2.49. The minimum Gasteiger partial charge on any atom is -0.356 e. The topological polar surface area (TPSA) is 37.0 Å². The van der Waals surface area contributed by atoms with Crippen molar-refractivity contribution >= 4 is 33.8 Å². The van der Waals surface area contributed by atoms with Gasteiger partial charge in [0.2, 0.25) is 0 Å². The summed E-state index contributed by atoms with van der Waals surface area (Å²) >= 11 is 6.82. The maximum Gasteiger partial charge on any atom is 0.189 e. The number of aryl methyl sites for hydroxylation is 1. The predicted molar refractivity (Wildman–Crippen MR) is 81.1 cm³/mol. The molecule has 1 aromatic carbocycles. The van der Waals surface area contributed by atoms with Crippen LogP contribution in [-0.2, 0) is 0 Å². The Morgan fingerprint density at radius 3 is 2.67 bits per heavy atom. The average Bonchev–Trinajstić information content (AvgIpc) is 2.75. The van der Waals surface area contributed by atoms with Crippen molar-refractivity contribution in [3.8, 4) is 0 Å². The maximum absolute atomic E-state index is 5.27. The molecule has 2 rings (SSSR count). The van der Waals surface area contributed by atoms with Gasteiger partial charge in [0, 0.05) is 5.38 Å². The fraction of sp³-hybridized carbons (Fsp3) is 0.231. The summed E-state index contributed by atoms with van der Waals surface area (Å²) in [4.78, 5) is 4.31. The highest BCUT2D eigenvalue weighted by atomic mass is 32.1. The Morgan fingerprint density at radius 1 is 1.33 bits per heavy atom. The zero-order chi connectivity index (χ0) is 13.0. The number of thiazole rings is 1. The summed E-state index contributed by atoms with van der Waals surface area (Å²) in [5, 5.41) is 9.75. The lowest BCUT2D eigenvalue weighted by Crippen LogP contribution is -2.30. The van der Waals surface area contributed by atoms with E-state index in [2.05, 4.69) is 34.7 Å². The third-order valence-corrected chi connectivity index (χ3v) is 3.58. The molecule has 0 aliphatic rings. The molecule has 0 bridgehead atoms. The van der Waals surface area contributed by atoms with Crippen LogP contribution in [0.4, 0.5) is 5.13 Å². The predicted octanol–water partition coefficient (Wildman–Crippen LogP) is 3.50. The number of hydrogen-bond acceptors (Lipinski definition) is 3. The van der Waals surface area contributed by atoms with Crippen molar-refractivity contribution in [2.75, 3.05) is 5.32 Å². The van der Waals surface area contributed by atoms with Crippen LogP contribution in [0.5, 0.6) is 0 Å². The maximum atomic E-state index is 5.27. The minimum absolute atomic E-state index is 0.173. The molecule has 0 saturated carbocycles. The molecule has 94 valence electrons. The Balaban J connectivity index is 1.92. The van der Waals surface area contributed by atoms with Crippen molar-refractivity contribution in [3.63, 3.8) is 0 Å². The normalized spacial score (nSPS) is 11.9. The summed E-state index contributed by atoms with van der Waals surface area (Å²) in [5.74, 6) is 0. The largest absolute Gasteiger partial charge is 0.356 e. The summed E-state index contributed by atoms with van der Waals surface area (Å²) in [7, 11) is 0. The van der Waals surface area contributed by atoms with Gasteiger partial charge < -0.3 is 10.6 Å². The summed E-state index contributed by atoms with van der Waals surface area (Å²) in [6, 6.07) is 10.4. The standard InChI is InChI=1S/C13H15N3S2/c1-9-8-18-13(14-9)16-12(17)15-10(2)11-6-4-3-5-7-11/h3-8,10H,1-2H3,(H2,14,15,16,17). The molecule has 2 aromatic rings. The summed E-state index contributed by atoms with van der Waals surface area (Å²) in [5.41, 5.74) is 2.21. The minimum atomic E-state index is 0.173. The third kappa shape index (κ3) is 3.51. The number of hydrogen-bond donors (Lipinski definition) is 2. The quantitative estimate of drug-likeness (QED) is 0.842. The van der Waals surface area contributed by atoms with Gasteiger partial charge in [-0.15, -0.1) is 11.3 Å². The number of anilines is 1. The van der Waals surface area contributed by atoms with Crippen LogP contribution in [0.25, 0.3) is 0 Å². The van der Waals surface area contributed by atoms with Crippen molar-refractivity contribution in [2.24, 2.45) is 0 Å². The van der Waals surface area contributed by atoms with E-state index in [9.17, 15) is 0 Å². The zero-order valence-corrected chi connectivity index (χ0v) is 11.9. The molecule has 1 atom stereocenters. The van der Waals surface area contributed by atoms with E-state index >= 15 is 0 Å². The molecule has 3 nitrogen and oxygen atoms in total. The van der Waals surface area contributed by atoms with Crippen molar-refractivity contribution in [1.82, 2.24) is 10.3 Å². The van der Waals surface area contributed by atoms with Crippen molar-refractivity contribution in [2.45, 2.75) is 19.9 Å². The highest BCUT2D eigenvalue weighted by Crippen LogP contribution is 2.15. The molecule has 0 fully saturated rings. The molecular formula is C13H15N3S2. The van der Waals surface area contributed by atoms with Crippen LogP contribution >= 0.6 is 23.6 Å². The average molecular weight is 277 g/mol. The van der Waals surface area contributed by atoms with E-state index in [-0.39, 0.29) is 6.04 Å². The molecule has 0 radical (unpaired) electrons. The van der Waals surface area contributed by atoms with Gasteiger partial charge in [-0.05, 0) is 31.6 Å². The molecule has 1 unspecified atom stereocenters. The lowest BCUT2D eigenvalue weighted by atomic mass is 10.1. The van der Waals surface area contributed by atoms with Crippen LogP contribution in [0.15, 0.2) is 35.7 Å². The fourth-order valence-electron chi connectivity index (χ4n) is 1.57. The summed E-state index contributed by atoms with van der Waals surface area (Å²) in [6.45, 7) is 4.04. The highest BCUT2D eigenvalue weighted by molar-refractivity contribution is 7.80. The molecule has 1 heterocycles. The Bertz CT molecular complexity index is 522. The van der Waals surface area contributed by atoms with Gasteiger partial charge in [0.05, 0.1) is 11.7 Å². The molecular weight excluding hydrogens is 262 g/mol. The molecule has 0 aliphatic carbocycles. The van der Waals surface area contributed by atoms with Crippen LogP contribution in [0.2, 0.25) is 0 Å². The molecule has 2 N–H and O–H groups in total. The number of nitrogens with zero attached hydrogens (tertiary/aromatic N) is 1. The molecule has 18 heavy (non-hydrogen) atoms. The molecule has 0 aliphatic heterocycles. The van der Waals surface area contributed by atoms with Gasteiger partial charge >= 0.3 is 0 Å². The molecule has 0 spiro atoms. The first-order valence-corrected chi connectivity index (χ1v) is 6.98. The summed E-state index contributed by atoms with van der Waals surface area (Å²) < 4.78 is 0. The van der Waals surface area contributed by atoms with Gasteiger partial charge in [-0.2, -0.15) is 0 Å². The van der Waals surface area contributed by atoms with E-state index < -0.39 is 0 Å². The first kappa shape index (κ1) is 13.0. The monoisotopic (exact) mass is 277 g/mol. The Kier molecular flexibility index (Phi) is 4.28. The molecule has 0 saturated heterocycles. The number of aromatic nitrogens is 1. The summed E-state index contributed by atoms with van der Waals surface area (Å²) in [6.07, 6.45) is 0.